The fraction of sp³-hybridized carbons (Fsp3) is 0.167. The van der Waals surface area contributed by atoms with Gasteiger partial charge in [-0.3, -0.25) is 9.36 Å². The summed E-state index contributed by atoms with van der Waals surface area (Å²) in [5.74, 6) is -0.247. The lowest BCUT2D eigenvalue weighted by Crippen LogP contribution is -2.27. The van der Waals surface area contributed by atoms with Gasteiger partial charge in [0.15, 0.2) is 0 Å². The number of ether oxygens (including phenoxy) is 1. The summed E-state index contributed by atoms with van der Waals surface area (Å²) in [5, 5.41) is 3.42. The normalized spacial score (nSPS) is 14.9. The first-order chi connectivity index (χ1) is 14.2. The van der Waals surface area contributed by atoms with Gasteiger partial charge in [0, 0.05) is 28.0 Å². The summed E-state index contributed by atoms with van der Waals surface area (Å²) in [4.78, 5) is 25.9. The smallest absolute Gasteiger partial charge is 0.418 e. The molecule has 3 aromatic rings. The highest BCUT2D eigenvalue weighted by Crippen LogP contribution is 2.41. The van der Waals surface area contributed by atoms with Crippen molar-refractivity contribution in [2.45, 2.75) is 26.4 Å². The minimum Gasteiger partial charge on any atom is -0.443 e. The zero-order valence-corrected chi connectivity index (χ0v) is 17.7. The van der Waals surface area contributed by atoms with Gasteiger partial charge in [0.05, 0.1) is 11.3 Å². The summed E-state index contributed by atoms with van der Waals surface area (Å²) < 4.78 is 6.99. The van der Waals surface area contributed by atoms with E-state index >= 15 is 0 Å². The molecule has 0 saturated carbocycles. The van der Waals surface area contributed by atoms with Crippen LogP contribution in [0.4, 0.5) is 10.5 Å². The highest BCUT2D eigenvalue weighted by molar-refractivity contribution is 6.39. The Labute approximate surface area is 179 Å². The number of fused-ring (bicyclic) bond motifs is 1. The van der Waals surface area contributed by atoms with E-state index in [1.165, 1.54) is 4.57 Å². The van der Waals surface area contributed by atoms with E-state index in [0.29, 0.717) is 33.1 Å². The van der Waals surface area contributed by atoms with Crippen LogP contribution in [0.15, 0.2) is 66.9 Å². The molecule has 2 heterocycles. The Hall–Kier alpha value is -3.31. The number of halogens is 1. The maximum atomic E-state index is 13.0. The van der Waals surface area contributed by atoms with E-state index in [9.17, 15) is 9.59 Å². The van der Waals surface area contributed by atoms with E-state index in [1.807, 2.05) is 51.1 Å². The fourth-order valence-electron chi connectivity index (χ4n) is 3.47. The molecule has 0 atom stereocenters. The molecule has 1 aliphatic heterocycles. The molecule has 5 nitrogen and oxygen atoms in total. The Morgan fingerprint density at radius 3 is 2.47 bits per heavy atom. The van der Waals surface area contributed by atoms with Crippen molar-refractivity contribution < 1.29 is 14.3 Å². The molecular formula is C24H21ClN2O3. The summed E-state index contributed by atoms with van der Waals surface area (Å²) in [7, 11) is 0. The van der Waals surface area contributed by atoms with Crippen molar-refractivity contribution in [2.24, 2.45) is 0 Å². The Morgan fingerprint density at radius 2 is 1.77 bits per heavy atom. The number of aromatic nitrogens is 1. The van der Waals surface area contributed by atoms with Crippen LogP contribution in [0.1, 0.15) is 37.6 Å². The Kier molecular flexibility index (Phi) is 5.00. The minimum atomic E-state index is -0.649. The third-order valence-electron chi connectivity index (χ3n) is 4.63. The van der Waals surface area contributed by atoms with E-state index in [0.717, 1.165) is 5.56 Å². The molecule has 6 heteroatoms. The van der Waals surface area contributed by atoms with Crippen LogP contribution in [0, 0.1) is 0 Å². The molecule has 0 spiro atoms. The number of benzene rings is 2. The zero-order chi connectivity index (χ0) is 21.5. The molecule has 4 rings (SSSR count). The average Bonchev–Trinajstić information content (AvgIpc) is 3.27. The van der Waals surface area contributed by atoms with Gasteiger partial charge in [-0.15, -0.1) is 0 Å². The number of hydrogen-bond donors (Lipinski definition) is 1. The van der Waals surface area contributed by atoms with E-state index in [1.54, 1.807) is 36.5 Å². The number of rotatable bonds is 2. The van der Waals surface area contributed by atoms with Crippen molar-refractivity contribution in [3.63, 3.8) is 0 Å². The van der Waals surface area contributed by atoms with Gasteiger partial charge in [-0.2, -0.15) is 0 Å². The summed E-state index contributed by atoms with van der Waals surface area (Å²) in [6.45, 7) is 5.44. The lowest BCUT2D eigenvalue weighted by atomic mass is 9.93. The monoisotopic (exact) mass is 420 g/mol. The van der Waals surface area contributed by atoms with E-state index < -0.39 is 11.7 Å². The quantitative estimate of drug-likeness (QED) is 0.530. The third kappa shape index (κ3) is 3.76. The Morgan fingerprint density at radius 1 is 1.03 bits per heavy atom. The first-order valence-electron chi connectivity index (χ1n) is 9.56. The summed E-state index contributed by atoms with van der Waals surface area (Å²) in [6.07, 6.45) is 1.12. The molecule has 0 aliphatic carbocycles. The maximum absolute atomic E-state index is 13.0. The van der Waals surface area contributed by atoms with Crippen LogP contribution >= 0.6 is 11.6 Å². The summed E-state index contributed by atoms with van der Waals surface area (Å²) >= 11 is 6.23. The number of amides is 1. The van der Waals surface area contributed by atoms with Crippen LogP contribution in [0.25, 0.3) is 11.1 Å². The zero-order valence-electron chi connectivity index (χ0n) is 16.9. The molecule has 0 unspecified atom stereocenters. The van der Waals surface area contributed by atoms with Crippen molar-refractivity contribution in [2.75, 3.05) is 5.32 Å². The number of hydrogen-bond acceptors (Lipinski definition) is 3. The fourth-order valence-corrected chi connectivity index (χ4v) is 3.64. The van der Waals surface area contributed by atoms with Gasteiger partial charge in [-0.25, -0.2) is 4.79 Å². The SMILES string of the molecule is CC(C)(C)OC(=O)n1cccc1/C(=C1/C(=O)Nc2ccc(Cl)cc21)c1ccccc1. The molecule has 0 saturated heterocycles. The van der Waals surface area contributed by atoms with Gasteiger partial charge < -0.3 is 10.1 Å². The largest absolute Gasteiger partial charge is 0.443 e. The first-order valence-corrected chi connectivity index (χ1v) is 9.94. The summed E-state index contributed by atoms with van der Waals surface area (Å²) in [5.41, 5.74) is 3.19. The van der Waals surface area contributed by atoms with Crippen molar-refractivity contribution in [1.82, 2.24) is 4.57 Å². The number of anilines is 1. The van der Waals surface area contributed by atoms with Crippen LogP contribution < -0.4 is 5.32 Å². The standard InChI is InChI=1S/C24H21ClN2O3/c1-24(2,3)30-23(29)27-13-7-10-19(27)20(15-8-5-4-6-9-15)21-17-14-16(25)11-12-18(17)26-22(21)28/h4-14H,1-3H3,(H,26,28)/b21-20+. The van der Waals surface area contributed by atoms with Gasteiger partial charge in [-0.05, 0) is 56.7 Å². The molecule has 0 radical (unpaired) electrons. The highest BCUT2D eigenvalue weighted by Gasteiger charge is 2.31. The van der Waals surface area contributed by atoms with Gasteiger partial charge in [0.2, 0.25) is 0 Å². The highest BCUT2D eigenvalue weighted by atomic mass is 35.5. The number of carbonyl (C=O) groups excluding carboxylic acids is 2. The van der Waals surface area contributed by atoms with Gasteiger partial charge in [0.1, 0.15) is 5.60 Å². The molecule has 1 aliphatic rings. The topological polar surface area (TPSA) is 60.3 Å². The van der Waals surface area contributed by atoms with Gasteiger partial charge in [0.25, 0.3) is 5.91 Å². The lowest BCUT2D eigenvalue weighted by molar-refractivity contribution is -0.110. The minimum absolute atomic E-state index is 0.247. The van der Waals surface area contributed by atoms with Gasteiger partial charge >= 0.3 is 6.09 Å². The van der Waals surface area contributed by atoms with Crippen LogP contribution in [0.2, 0.25) is 5.02 Å². The number of nitrogens with one attached hydrogen (secondary N) is 1. The second-order valence-corrected chi connectivity index (χ2v) is 8.44. The molecular weight excluding hydrogens is 400 g/mol. The van der Waals surface area contributed by atoms with Crippen LogP contribution in [0.3, 0.4) is 0 Å². The summed E-state index contributed by atoms with van der Waals surface area (Å²) in [6, 6.07) is 18.3. The molecule has 1 N–H and O–H groups in total. The molecule has 1 aromatic heterocycles. The molecule has 1 amide bonds. The first kappa shape index (κ1) is 20.0. The Bertz CT molecular complexity index is 1170. The average molecular weight is 421 g/mol. The predicted molar refractivity (Wildman–Crippen MR) is 119 cm³/mol. The number of nitrogens with zero attached hydrogens (tertiary/aromatic N) is 1. The van der Waals surface area contributed by atoms with Crippen molar-refractivity contribution in [3.05, 3.63) is 88.7 Å². The van der Waals surface area contributed by atoms with Crippen molar-refractivity contribution >= 4 is 40.4 Å². The van der Waals surface area contributed by atoms with Crippen molar-refractivity contribution in [1.29, 1.82) is 0 Å². The van der Waals surface area contributed by atoms with E-state index in [-0.39, 0.29) is 5.91 Å². The Balaban J connectivity index is 1.98. The molecule has 0 bridgehead atoms. The predicted octanol–water partition coefficient (Wildman–Crippen LogP) is 5.84. The van der Waals surface area contributed by atoms with Crippen LogP contribution in [-0.2, 0) is 9.53 Å². The van der Waals surface area contributed by atoms with E-state index in [2.05, 4.69) is 5.32 Å². The molecule has 2 aromatic carbocycles. The second kappa shape index (κ2) is 7.50. The molecule has 30 heavy (non-hydrogen) atoms. The van der Waals surface area contributed by atoms with Crippen molar-refractivity contribution in [3.8, 4) is 0 Å². The lowest BCUT2D eigenvalue weighted by Gasteiger charge is -2.21. The second-order valence-electron chi connectivity index (χ2n) is 8.00. The maximum Gasteiger partial charge on any atom is 0.418 e. The van der Waals surface area contributed by atoms with Crippen LogP contribution in [-0.4, -0.2) is 22.2 Å². The van der Waals surface area contributed by atoms with E-state index in [4.69, 9.17) is 16.3 Å². The van der Waals surface area contributed by atoms with Crippen LogP contribution in [0.5, 0.6) is 0 Å². The number of carbonyl (C=O) groups is 2. The van der Waals surface area contributed by atoms with Gasteiger partial charge in [-0.1, -0.05) is 41.9 Å². The third-order valence-corrected chi connectivity index (χ3v) is 4.87. The molecule has 0 fully saturated rings. The molecule has 152 valence electrons.